The molecule has 0 heterocycles. The number of anilines is 1. The zero-order valence-electron chi connectivity index (χ0n) is 20.7. The van der Waals surface area contributed by atoms with Crippen LogP contribution in [0.3, 0.4) is 0 Å². The molecule has 3 rings (SSSR count). The zero-order chi connectivity index (χ0) is 26.5. The van der Waals surface area contributed by atoms with Gasteiger partial charge in [0.05, 0.1) is 10.6 Å². The lowest BCUT2D eigenvalue weighted by atomic mass is 10.1. The molecule has 1 N–H and O–H groups in total. The molecule has 0 bridgehead atoms. The van der Waals surface area contributed by atoms with E-state index in [1.54, 1.807) is 31.2 Å². The summed E-state index contributed by atoms with van der Waals surface area (Å²) in [6.45, 7) is 5.13. The molecule has 0 spiro atoms. The van der Waals surface area contributed by atoms with Gasteiger partial charge >= 0.3 is 0 Å². The van der Waals surface area contributed by atoms with E-state index in [0.717, 1.165) is 21.0 Å². The van der Waals surface area contributed by atoms with E-state index in [0.29, 0.717) is 10.7 Å². The standard InChI is InChI=1S/C27H30ClN3O4S/c1-19-5-9-22(10-6-19)17-30(21(3)27(33)29-4)26(32)18-31(24-13-7-20(2)8-14-24)36(34,35)25-15-11-23(28)12-16-25/h5-16,21H,17-18H2,1-4H3,(H,29,33)/t21-/m1/s1. The number of sulfonamides is 1. The average molecular weight is 528 g/mol. The fourth-order valence-corrected chi connectivity index (χ4v) is 5.20. The van der Waals surface area contributed by atoms with Crippen molar-refractivity contribution in [2.45, 2.75) is 38.3 Å². The van der Waals surface area contributed by atoms with Crippen LogP contribution in [-0.2, 0) is 26.2 Å². The van der Waals surface area contributed by atoms with Gasteiger partial charge in [-0.2, -0.15) is 0 Å². The minimum absolute atomic E-state index is 0.00436. The highest BCUT2D eigenvalue weighted by molar-refractivity contribution is 7.92. The molecule has 9 heteroatoms. The predicted molar refractivity (Wildman–Crippen MR) is 142 cm³/mol. The van der Waals surface area contributed by atoms with Crippen LogP contribution in [0.15, 0.2) is 77.7 Å². The summed E-state index contributed by atoms with van der Waals surface area (Å²) in [6.07, 6.45) is 0. The predicted octanol–water partition coefficient (Wildman–Crippen LogP) is 4.32. The number of likely N-dealkylation sites (N-methyl/N-ethyl adjacent to an activating group) is 1. The number of halogens is 1. The van der Waals surface area contributed by atoms with Crippen molar-refractivity contribution in [2.75, 3.05) is 17.9 Å². The van der Waals surface area contributed by atoms with Gasteiger partial charge in [-0.05, 0) is 62.7 Å². The SMILES string of the molecule is CNC(=O)[C@@H](C)N(Cc1ccc(C)cc1)C(=O)CN(c1ccc(C)cc1)S(=O)(=O)c1ccc(Cl)cc1. The Morgan fingerprint density at radius 1 is 0.889 bits per heavy atom. The number of hydrogen-bond acceptors (Lipinski definition) is 4. The summed E-state index contributed by atoms with van der Waals surface area (Å²) in [4.78, 5) is 27.6. The molecule has 0 aromatic heterocycles. The van der Waals surface area contributed by atoms with E-state index in [9.17, 15) is 18.0 Å². The Labute approximate surface area is 217 Å². The van der Waals surface area contributed by atoms with Crippen molar-refractivity contribution in [3.8, 4) is 0 Å². The van der Waals surface area contributed by atoms with Gasteiger partial charge in [-0.1, -0.05) is 59.1 Å². The fourth-order valence-electron chi connectivity index (χ4n) is 3.66. The van der Waals surface area contributed by atoms with Gasteiger partial charge in [-0.25, -0.2) is 8.42 Å². The van der Waals surface area contributed by atoms with E-state index in [-0.39, 0.29) is 17.3 Å². The summed E-state index contributed by atoms with van der Waals surface area (Å²) in [7, 11) is -2.62. The van der Waals surface area contributed by atoms with E-state index < -0.39 is 28.5 Å². The number of carbonyl (C=O) groups is 2. The van der Waals surface area contributed by atoms with Gasteiger partial charge in [0, 0.05) is 18.6 Å². The van der Waals surface area contributed by atoms with Gasteiger partial charge in [-0.3, -0.25) is 13.9 Å². The van der Waals surface area contributed by atoms with E-state index in [4.69, 9.17) is 11.6 Å². The van der Waals surface area contributed by atoms with Crippen LogP contribution in [0.4, 0.5) is 5.69 Å². The van der Waals surface area contributed by atoms with E-state index in [1.807, 2.05) is 38.1 Å². The number of benzene rings is 3. The summed E-state index contributed by atoms with van der Waals surface area (Å²) in [5, 5.41) is 2.97. The molecule has 0 saturated carbocycles. The van der Waals surface area contributed by atoms with Crippen LogP contribution in [-0.4, -0.2) is 44.8 Å². The fraction of sp³-hybridized carbons (Fsp3) is 0.259. The van der Waals surface area contributed by atoms with Crippen molar-refractivity contribution < 1.29 is 18.0 Å². The highest BCUT2D eigenvalue weighted by Gasteiger charge is 2.32. The van der Waals surface area contributed by atoms with Crippen LogP contribution < -0.4 is 9.62 Å². The Kier molecular flexibility index (Phi) is 8.76. The Morgan fingerprint density at radius 2 is 1.42 bits per heavy atom. The van der Waals surface area contributed by atoms with E-state index in [2.05, 4.69) is 5.32 Å². The lowest BCUT2D eigenvalue weighted by molar-refractivity contribution is -0.139. The van der Waals surface area contributed by atoms with Crippen LogP contribution >= 0.6 is 11.6 Å². The molecule has 7 nitrogen and oxygen atoms in total. The quantitative estimate of drug-likeness (QED) is 0.449. The first-order valence-electron chi connectivity index (χ1n) is 11.4. The Morgan fingerprint density at radius 3 is 1.94 bits per heavy atom. The van der Waals surface area contributed by atoms with Gasteiger partial charge in [0.2, 0.25) is 11.8 Å². The maximum Gasteiger partial charge on any atom is 0.264 e. The third kappa shape index (κ3) is 6.44. The van der Waals surface area contributed by atoms with E-state index >= 15 is 0 Å². The molecular weight excluding hydrogens is 498 g/mol. The molecule has 0 aliphatic carbocycles. The summed E-state index contributed by atoms with van der Waals surface area (Å²) < 4.78 is 28.4. The maximum absolute atomic E-state index is 13.7. The normalized spacial score (nSPS) is 12.0. The second kappa shape index (κ2) is 11.6. The minimum atomic E-state index is -4.12. The molecule has 190 valence electrons. The van der Waals surface area contributed by atoms with Crippen LogP contribution in [0.2, 0.25) is 5.02 Å². The van der Waals surface area contributed by atoms with Crippen molar-refractivity contribution in [3.05, 3.63) is 94.5 Å². The molecule has 3 aromatic carbocycles. The monoisotopic (exact) mass is 527 g/mol. The van der Waals surface area contributed by atoms with Crippen molar-refractivity contribution in [1.82, 2.24) is 10.2 Å². The lowest BCUT2D eigenvalue weighted by Gasteiger charge is -2.31. The van der Waals surface area contributed by atoms with Crippen LogP contribution in [0.5, 0.6) is 0 Å². The van der Waals surface area contributed by atoms with Crippen LogP contribution in [0.1, 0.15) is 23.6 Å². The van der Waals surface area contributed by atoms with Crippen molar-refractivity contribution in [3.63, 3.8) is 0 Å². The highest BCUT2D eigenvalue weighted by Crippen LogP contribution is 2.26. The third-order valence-corrected chi connectivity index (χ3v) is 7.93. The van der Waals surface area contributed by atoms with Crippen LogP contribution in [0.25, 0.3) is 0 Å². The maximum atomic E-state index is 13.7. The smallest absolute Gasteiger partial charge is 0.264 e. The minimum Gasteiger partial charge on any atom is -0.357 e. The first-order valence-corrected chi connectivity index (χ1v) is 13.3. The van der Waals surface area contributed by atoms with Crippen molar-refractivity contribution in [1.29, 1.82) is 0 Å². The molecule has 0 saturated heterocycles. The first-order chi connectivity index (χ1) is 17.0. The lowest BCUT2D eigenvalue weighted by Crippen LogP contribution is -2.50. The molecule has 1 atom stereocenters. The number of nitrogens with zero attached hydrogens (tertiary/aromatic N) is 2. The Hall–Kier alpha value is -3.36. The number of nitrogens with one attached hydrogen (secondary N) is 1. The summed E-state index contributed by atoms with van der Waals surface area (Å²) in [5.74, 6) is -0.859. The summed E-state index contributed by atoms with van der Waals surface area (Å²) in [5.41, 5.74) is 3.18. The highest BCUT2D eigenvalue weighted by atomic mass is 35.5. The van der Waals surface area contributed by atoms with Gasteiger partial charge in [-0.15, -0.1) is 0 Å². The molecule has 0 aliphatic heterocycles. The molecule has 2 amide bonds. The molecule has 36 heavy (non-hydrogen) atoms. The van der Waals surface area contributed by atoms with Crippen molar-refractivity contribution >= 4 is 39.1 Å². The topological polar surface area (TPSA) is 86.8 Å². The molecule has 0 aliphatic rings. The van der Waals surface area contributed by atoms with Crippen molar-refractivity contribution in [2.24, 2.45) is 0 Å². The molecular formula is C27H30ClN3O4S. The number of aryl methyl sites for hydroxylation is 2. The number of rotatable bonds is 9. The van der Waals surface area contributed by atoms with Gasteiger partial charge in [0.1, 0.15) is 12.6 Å². The Balaban J connectivity index is 2.01. The second-order valence-corrected chi connectivity index (χ2v) is 10.9. The zero-order valence-corrected chi connectivity index (χ0v) is 22.3. The summed E-state index contributed by atoms with van der Waals surface area (Å²) >= 11 is 5.96. The van der Waals surface area contributed by atoms with Gasteiger partial charge < -0.3 is 10.2 Å². The Bertz CT molecular complexity index is 1310. The van der Waals surface area contributed by atoms with E-state index in [1.165, 1.54) is 36.2 Å². The number of hydrogen-bond donors (Lipinski definition) is 1. The first kappa shape index (κ1) is 27.2. The van der Waals surface area contributed by atoms with Gasteiger partial charge in [0.15, 0.2) is 0 Å². The molecule has 3 aromatic rings. The molecule has 0 radical (unpaired) electrons. The molecule has 0 fully saturated rings. The number of carbonyl (C=O) groups excluding carboxylic acids is 2. The third-order valence-electron chi connectivity index (χ3n) is 5.89. The average Bonchev–Trinajstić information content (AvgIpc) is 2.86. The largest absolute Gasteiger partial charge is 0.357 e. The van der Waals surface area contributed by atoms with Crippen LogP contribution in [0, 0.1) is 13.8 Å². The van der Waals surface area contributed by atoms with Gasteiger partial charge in [0.25, 0.3) is 10.0 Å². The summed E-state index contributed by atoms with van der Waals surface area (Å²) in [6, 6.07) is 19.4. The molecule has 0 unspecified atom stereocenters. The number of amides is 2. The second-order valence-electron chi connectivity index (χ2n) is 8.60.